The first-order valence-corrected chi connectivity index (χ1v) is 22.2. The molecule has 1 unspecified atom stereocenters. The van der Waals surface area contributed by atoms with Gasteiger partial charge < -0.3 is 43.7 Å². The number of aryl methyl sites for hydroxylation is 1. The number of unbranched alkanes of at least 4 members (excludes halogenated alkanes) is 4. The van der Waals surface area contributed by atoms with Gasteiger partial charge in [-0.25, -0.2) is 4.79 Å². The second-order valence-corrected chi connectivity index (χ2v) is 18.1. The molecule has 15 heteroatoms. The number of aliphatic hydroxyl groups is 1. The number of nitrogens with one attached hydrogen (secondary N) is 1. The Morgan fingerprint density at radius 3 is 2.53 bits per heavy atom. The molecule has 3 aromatic carbocycles. The highest BCUT2D eigenvalue weighted by Gasteiger charge is 2.61. The Labute approximate surface area is 354 Å². The van der Waals surface area contributed by atoms with Gasteiger partial charge in [-0.1, -0.05) is 38.7 Å². The van der Waals surface area contributed by atoms with Gasteiger partial charge in [-0.15, -0.1) is 11.8 Å². The topological polar surface area (TPSA) is 169 Å². The number of methoxy groups -OCH3 is 2. The van der Waals surface area contributed by atoms with E-state index in [1.165, 1.54) is 18.9 Å². The van der Waals surface area contributed by atoms with Crippen LogP contribution in [0, 0.1) is 13.8 Å². The predicted molar refractivity (Wildman–Crippen MR) is 222 cm³/mol. The van der Waals surface area contributed by atoms with Crippen LogP contribution in [0.1, 0.15) is 107 Å². The normalized spacial score (nSPS) is 27.7. The number of aromatic hydroxyl groups is 2. The number of fused-ring (bicyclic) bond motifs is 9. The number of thioether (sulfide) groups is 1. The summed E-state index contributed by atoms with van der Waals surface area (Å²) in [4.78, 5) is 33.0. The quantitative estimate of drug-likeness (QED) is 0.117. The maximum Gasteiger partial charge on any atom is 0.331 e. The van der Waals surface area contributed by atoms with E-state index in [4.69, 9.17) is 28.4 Å². The summed E-state index contributed by atoms with van der Waals surface area (Å²) in [6.45, 7) is 6.14. The SMILES string of the molecule is CCCCCCCC(=O)Oc1c(C)c2c(c3c1[C@H]1SC[C@]4(NCCc5cc(O)c(OC)cc54)C(=O)OC[C@@H]3N3C1[C@H]1c4c(cc(C)c(OC)c4O)C[C@@H]([C@@H]3O)N1C)OCO2. The fourth-order valence-electron chi connectivity index (χ4n) is 10.9. The lowest BCUT2D eigenvalue weighted by atomic mass is 9.73. The maximum atomic E-state index is 14.8. The van der Waals surface area contributed by atoms with Crippen molar-refractivity contribution in [2.75, 3.05) is 47.0 Å². The van der Waals surface area contributed by atoms with Crippen LogP contribution in [0.15, 0.2) is 18.2 Å². The third-order valence-electron chi connectivity index (χ3n) is 13.7. The van der Waals surface area contributed by atoms with Gasteiger partial charge in [-0.3, -0.25) is 19.9 Å². The van der Waals surface area contributed by atoms with Gasteiger partial charge in [0, 0.05) is 47.0 Å². The van der Waals surface area contributed by atoms with Gasteiger partial charge in [-0.2, -0.15) is 0 Å². The predicted octanol–water partition coefficient (Wildman–Crippen LogP) is 5.75. The summed E-state index contributed by atoms with van der Waals surface area (Å²) in [6, 6.07) is 3.17. The van der Waals surface area contributed by atoms with Gasteiger partial charge in [-0.05, 0) is 74.5 Å². The van der Waals surface area contributed by atoms with E-state index in [1.54, 1.807) is 19.2 Å². The Hall–Kier alpha value is -4.41. The van der Waals surface area contributed by atoms with Crippen molar-refractivity contribution in [3.8, 4) is 40.2 Å². The molecule has 7 heterocycles. The molecule has 2 saturated heterocycles. The number of carbonyl (C=O) groups excluding carboxylic acids is 2. The lowest BCUT2D eigenvalue weighted by Crippen LogP contribution is -2.70. The molecular formula is C45H55N3O11S. The molecule has 14 nitrogen and oxygen atoms in total. The highest BCUT2D eigenvalue weighted by atomic mass is 32.2. The van der Waals surface area contributed by atoms with E-state index < -0.39 is 47.2 Å². The van der Waals surface area contributed by atoms with Crippen molar-refractivity contribution < 1.29 is 53.3 Å². The van der Waals surface area contributed by atoms with E-state index in [-0.39, 0.29) is 48.8 Å². The molecule has 0 aliphatic carbocycles. The first kappa shape index (κ1) is 41.0. The van der Waals surface area contributed by atoms with E-state index in [1.807, 2.05) is 31.9 Å². The zero-order valence-electron chi connectivity index (χ0n) is 35.1. The van der Waals surface area contributed by atoms with Crippen molar-refractivity contribution in [2.24, 2.45) is 0 Å². The van der Waals surface area contributed by atoms with E-state index in [0.29, 0.717) is 76.6 Å². The van der Waals surface area contributed by atoms with Crippen LogP contribution in [0.4, 0.5) is 0 Å². The molecule has 0 amide bonds. The minimum absolute atomic E-state index is 0.0172. The minimum Gasteiger partial charge on any atom is -0.504 e. The van der Waals surface area contributed by atoms with Crippen LogP contribution in [-0.4, -0.2) is 102 Å². The van der Waals surface area contributed by atoms with Gasteiger partial charge >= 0.3 is 11.9 Å². The molecule has 0 aromatic heterocycles. The third kappa shape index (κ3) is 6.20. The van der Waals surface area contributed by atoms with Crippen molar-refractivity contribution >= 4 is 23.7 Å². The minimum atomic E-state index is -1.36. The molecule has 3 aromatic rings. The molecule has 10 rings (SSSR count). The van der Waals surface area contributed by atoms with E-state index in [0.717, 1.165) is 42.4 Å². The average Bonchev–Trinajstić information content (AvgIpc) is 3.72. The van der Waals surface area contributed by atoms with Gasteiger partial charge in [0.25, 0.3) is 0 Å². The van der Waals surface area contributed by atoms with Crippen LogP contribution in [0.5, 0.6) is 40.2 Å². The Balaban J connectivity index is 1.27. The smallest absolute Gasteiger partial charge is 0.331 e. The Kier molecular flexibility index (Phi) is 10.8. The number of phenolic OH excluding ortho intramolecular Hbond substituents is 2. The van der Waals surface area contributed by atoms with Crippen LogP contribution in [0.3, 0.4) is 0 Å². The number of piperazine rings is 1. The summed E-state index contributed by atoms with van der Waals surface area (Å²) in [5, 5.41) is 38.6. The molecule has 0 saturated carbocycles. The zero-order chi connectivity index (χ0) is 42.2. The van der Waals surface area contributed by atoms with E-state index in [2.05, 4.69) is 17.1 Å². The van der Waals surface area contributed by atoms with Crippen LogP contribution in [-0.2, 0) is 32.7 Å². The molecule has 7 aliphatic rings. The number of carbonyl (C=O) groups is 2. The highest BCUT2D eigenvalue weighted by Crippen LogP contribution is 2.64. The summed E-state index contributed by atoms with van der Waals surface area (Å²) in [7, 11) is 5.00. The summed E-state index contributed by atoms with van der Waals surface area (Å²) < 4.78 is 36.7. The largest absolute Gasteiger partial charge is 0.504 e. The molecule has 7 aliphatic heterocycles. The number of hydrogen-bond donors (Lipinski definition) is 4. The van der Waals surface area contributed by atoms with Crippen LogP contribution < -0.4 is 29.0 Å². The van der Waals surface area contributed by atoms with Crippen molar-refractivity contribution in [1.29, 1.82) is 0 Å². The fraction of sp³-hybridized carbons (Fsp3) is 0.556. The Morgan fingerprint density at radius 1 is 0.983 bits per heavy atom. The lowest BCUT2D eigenvalue weighted by molar-refractivity contribution is -0.186. The van der Waals surface area contributed by atoms with E-state index in [9.17, 15) is 24.9 Å². The third-order valence-corrected chi connectivity index (χ3v) is 15.2. The second kappa shape index (κ2) is 15.8. The Morgan fingerprint density at radius 2 is 1.77 bits per heavy atom. The maximum absolute atomic E-state index is 14.8. The van der Waals surface area contributed by atoms with E-state index >= 15 is 0 Å². The number of aliphatic hydroxyl groups excluding tert-OH is 1. The number of nitrogens with zero attached hydrogens (tertiary/aromatic N) is 2. The van der Waals surface area contributed by atoms with Crippen molar-refractivity contribution in [2.45, 2.75) is 113 Å². The molecule has 60 heavy (non-hydrogen) atoms. The fourth-order valence-corrected chi connectivity index (χ4v) is 12.6. The molecule has 0 radical (unpaired) electrons. The summed E-state index contributed by atoms with van der Waals surface area (Å²) in [5.41, 5.74) is 4.48. The number of benzene rings is 3. The van der Waals surface area contributed by atoms with Crippen LogP contribution in [0.25, 0.3) is 0 Å². The van der Waals surface area contributed by atoms with Crippen molar-refractivity contribution in [1.82, 2.24) is 15.1 Å². The first-order chi connectivity index (χ1) is 28.9. The number of phenols is 2. The van der Waals surface area contributed by atoms with Gasteiger partial charge in [0.1, 0.15) is 18.6 Å². The molecule has 322 valence electrons. The number of likely N-dealkylation sites (N-methyl/N-ethyl adjacent to an activating group) is 1. The molecule has 2 fully saturated rings. The highest BCUT2D eigenvalue weighted by molar-refractivity contribution is 7.99. The van der Waals surface area contributed by atoms with Gasteiger partial charge in [0.15, 0.2) is 40.0 Å². The summed E-state index contributed by atoms with van der Waals surface area (Å²) >= 11 is 1.49. The summed E-state index contributed by atoms with van der Waals surface area (Å²) in [5.74, 6) is 1.24. The molecule has 7 atom stereocenters. The molecular weight excluding hydrogens is 791 g/mol. The number of hydrogen-bond acceptors (Lipinski definition) is 15. The average molecular weight is 846 g/mol. The van der Waals surface area contributed by atoms with Gasteiger partial charge in [0.05, 0.1) is 37.6 Å². The molecule has 1 spiro atoms. The molecule has 4 N–H and O–H groups in total. The first-order valence-electron chi connectivity index (χ1n) is 21.1. The number of esters is 2. The van der Waals surface area contributed by atoms with Crippen LogP contribution >= 0.6 is 11.8 Å². The lowest BCUT2D eigenvalue weighted by Gasteiger charge is -2.62. The van der Waals surface area contributed by atoms with Crippen LogP contribution in [0.2, 0.25) is 0 Å². The number of rotatable bonds is 9. The second-order valence-electron chi connectivity index (χ2n) is 17.0. The Bertz CT molecular complexity index is 2230. The molecule has 4 bridgehead atoms. The number of ether oxygens (including phenoxy) is 6. The summed E-state index contributed by atoms with van der Waals surface area (Å²) in [6.07, 6.45) is 5.07. The standard InChI is InChI=1S/C45H55N3O11S/c1-7-8-9-10-11-12-31(50)59-39-23(3)40-41(58-21-57-40)33-28-19-56-44(53)45(26-18-30(54-5)29(49)17-24(26)13-14-46-45)20-60-42(34(33)39)36-35-32-25(15-22(2)38(55-6)37(32)51)16-27(47(35)4)43(52)48(28)36/h15,17-18,27-28,35-36,42-43,46,49,51-52H,7-14,16,19-21H2,1-6H3/t27-,28-,35+,36?,42+,43-,45+/m0/s1. The van der Waals surface area contributed by atoms with Crippen molar-refractivity contribution in [3.63, 3.8) is 0 Å². The van der Waals surface area contributed by atoms with Gasteiger partial charge in [0.2, 0.25) is 6.79 Å². The monoisotopic (exact) mass is 845 g/mol. The zero-order valence-corrected chi connectivity index (χ0v) is 35.9. The van der Waals surface area contributed by atoms with Crippen molar-refractivity contribution in [3.05, 3.63) is 62.7 Å².